The minimum atomic E-state index is 0.720. The molecule has 134 valence electrons. The first-order chi connectivity index (χ1) is 12.2. The molecule has 6 heteroatoms. The summed E-state index contributed by atoms with van der Waals surface area (Å²) >= 11 is 0. The summed E-state index contributed by atoms with van der Waals surface area (Å²) in [7, 11) is 2.19. The Balaban J connectivity index is 1.40. The minimum absolute atomic E-state index is 0.720. The average molecular weight is 341 g/mol. The molecule has 1 aromatic heterocycles. The van der Waals surface area contributed by atoms with Gasteiger partial charge in [0.25, 0.3) is 0 Å². The van der Waals surface area contributed by atoms with Crippen molar-refractivity contribution in [2.24, 2.45) is 0 Å². The third kappa shape index (κ3) is 3.58. The zero-order chi connectivity index (χ0) is 17.2. The number of likely N-dealkylation sites (N-methyl/N-ethyl adjacent to an activating group) is 1. The van der Waals surface area contributed by atoms with Crippen LogP contribution in [0.5, 0.6) is 5.88 Å². The van der Waals surface area contributed by atoms with E-state index in [9.17, 15) is 0 Å². The van der Waals surface area contributed by atoms with E-state index in [1.807, 2.05) is 10.7 Å². The van der Waals surface area contributed by atoms with Gasteiger partial charge in [-0.3, -0.25) is 0 Å². The first kappa shape index (κ1) is 16.3. The van der Waals surface area contributed by atoms with Crippen molar-refractivity contribution < 1.29 is 4.74 Å². The summed E-state index contributed by atoms with van der Waals surface area (Å²) in [5, 5.41) is 8.13. The monoisotopic (exact) mass is 341 g/mol. The topological polar surface area (TPSA) is 45.6 Å². The van der Waals surface area contributed by atoms with E-state index in [1.54, 1.807) is 0 Å². The lowest BCUT2D eigenvalue weighted by Gasteiger charge is -2.34. The van der Waals surface area contributed by atoms with Gasteiger partial charge >= 0.3 is 0 Å². The van der Waals surface area contributed by atoms with Gasteiger partial charge in [-0.05, 0) is 37.7 Å². The molecule has 3 heterocycles. The highest BCUT2D eigenvalue weighted by atomic mass is 16.5. The fraction of sp³-hybridized carbons (Fsp3) is 0.526. The maximum atomic E-state index is 5.63. The summed E-state index contributed by atoms with van der Waals surface area (Å²) in [5.41, 5.74) is 4.79. The Morgan fingerprint density at radius 3 is 2.72 bits per heavy atom. The van der Waals surface area contributed by atoms with E-state index in [-0.39, 0.29) is 0 Å². The van der Waals surface area contributed by atoms with Crippen LogP contribution in [0.4, 0.5) is 11.4 Å². The fourth-order valence-corrected chi connectivity index (χ4v) is 3.50. The van der Waals surface area contributed by atoms with Crippen molar-refractivity contribution in [2.75, 3.05) is 50.1 Å². The van der Waals surface area contributed by atoms with Crippen molar-refractivity contribution in [1.29, 1.82) is 0 Å². The van der Waals surface area contributed by atoms with Crippen LogP contribution < -0.4 is 15.0 Å². The highest BCUT2D eigenvalue weighted by molar-refractivity contribution is 5.60. The standard InChI is InChI=1S/C19H27N5O/c1-15-12-17(23-9-7-22(2)8-10-23)4-5-18(15)20-14-16-13-19-24(21-16)6-3-11-25-19/h4-5,12-13,20H,3,6-11,14H2,1-2H3. The van der Waals surface area contributed by atoms with Crippen LogP contribution in [0.15, 0.2) is 24.3 Å². The van der Waals surface area contributed by atoms with Crippen LogP contribution in [0, 0.1) is 6.92 Å². The van der Waals surface area contributed by atoms with Gasteiger partial charge in [0.15, 0.2) is 0 Å². The quantitative estimate of drug-likeness (QED) is 0.925. The number of rotatable bonds is 4. The molecule has 0 amide bonds. The molecule has 0 spiro atoms. The summed E-state index contributed by atoms with van der Waals surface area (Å²) in [6, 6.07) is 8.74. The molecule has 0 unspecified atom stereocenters. The molecule has 1 N–H and O–H groups in total. The van der Waals surface area contributed by atoms with Gasteiger partial charge in [0.1, 0.15) is 0 Å². The molecule has 2 aliphatic rings. The van der Waals surface area contributed by atoms with Crippen LogP contribution in [0.25, 0.3) is 0 Å². The number of hydrogen-bond donors (Lipinski definition) is 1. The van der Waals surface area contributed by atoms with Crippen LogP contribution in [0.2, 0.25) is 0 Å². The molecular weight excluding hydrogens is 314 g/mol. The summed E-state index contributed by atoms with van der Waals surface area (Å²) in [5.74, 6) is 0.894. The van der Waals surface area contributed by atoms with Gasteiger partial charge in [0.2, 0.25) is 5.88 Å². The number of ether oxygens (including phenoxy) is 1. The van der Waals surface area contributed by atoms with E-state index in [1.165, 1.54) is 16.9 Å². The molecule has 0 bridgehead atoms. The summed E-state index contributed by atoms with van der Waals surface area (Å²) in [6.45, 7) is 9.10. The Hall–Kier alpha value is -2.21. The number of benzene rings is 1. The Kier molecular flexibility index (Phi) is 4.53. The second-order valence-corrected chi connectivity index (χ2v) is 7.04. The summed E-state index contributed by atoms with van der Waals surface area (Å²) < 4.78 is 7.60. The lowest BCUT2D eigenvalue weighted by Crippen LogP contribution is -2.44. The lowest BCUT2D eigenvalue weighted by atomic mass is 10.1. The van der Waals surface area contributed by atoms with Crippen molar-refractivity contribution in [3.8, 4) is 5.88 Å². The van der Waals surface area contributed by atoms with Crippen LogP contribution in [0.3, 0.4) is 0 Å². The van der Waals surface area contributed by atoms with Crippen molar-refractivity contribution in [3.63, 3.8) is 0 Å². The molecule has 4 rings (SSSR count). The normalized spacial score (nSPS) is 17.9. The smallest absolute Gasteiger partial charge is 0.212 e. The van der Waals surface area contributed by atoms with Crippen molar-refractivity contribution in [3.05, 3.63) is 35.5 Å². The number of piperazine rings is 1. The van der Waals surface area contributed by atoms with E-state index in [0.29, 0.717) is 0 Å². The fourth-order valence-electron chi connectivity index (χ4n) is 3.50. The predicted octanol–water partition coefficient (Wildman–Crippen LogP) is 2.34. The van der Waals surface area contributed by atoms with Gasteiger partial charge < -0.3 is 19.9 Å². The lowest BCUT2D eigenvalue weighted by molar-refractivity contribution is 0.230. The molecule has 0 saturated carbocycles. The molecule has 1 fully saturated rings. The van der Waals surface area contributed by atoms with Crippen LogP contribution in [0.1, 0.15) is 17.7 Å². The molecule has 2 aliphatic heterocycles. The van der Waals surface area contributed by atoms with Gasteiger partial charge in [0, 0.05) is 56.6 Å². The molecule has 25 heavy (non-hydrogen) atoms. The van der Waals surface area contributed by atoms with Crippen molar-refractivity contribution >= 4 is 11.4 Å². The first-order valence-corrected chi connectivity index (χ1v) is 9.16. The summed E-state index contributed by atoms with van der Waals surface area (Å²) in [6.07, 6.45) is 1.04. The van der Waals surface area contributed by atoms with E-state index in [4.69, 9.17) is 4.74 Å². The van der Waals surface area contributed by atoms with Crippen molar-refractivity contribution in [2.45, 2.75) is 26.4 Å². The minimum Gasteiger partial charge on any atom is -0.478 e. The Morgan fingerprint density at radius 2 is 1.96 bits per heavy atom. The molecule has 1 aromatic carbocycles. The van der Waals surface area contributed by atoms with E-state index < -0.39 is 0 Å². The van der Waals surface area contributed by atoms with E-state index in [2.05, 4.69) is 52.4 Å². The first-order valence-electron chi connectivity index (χ1n) is 9.16. The number of aromatic nitrogens is 2. The molecule has 2 aromatic rings. The van der Waals surface area contributed by atoms with E-state index >= 15 is 0 Å². The van der Waals surface area contributed by atoms with Gasteiger partial charge in [-0.15, -0.1) is 0 Å². The molecule has 6 nitrogen and oxygen atoms in total. The molecule has 1 saturated heterocycles. The number of hydrogen-bond acceptors (Lipinski definition) is 5. The SMILES string of the molecule is Cc1cc(N2CCN(C)CC2)ccc1NCc1cc2n(n1)CCCO2. The molecular formula is C19H27N5O. The van der Waals surface area contributed by atoms with Crippen LogP contribution in [-0.2, 0) is 13.1 Å². The van der Waals surface area contributed by atoms with Gasteiger partial charge in [-0.25, -0.2) is 4.68 Å². The third-order valence-electron chi connectivity index (χ3n) is 5.10. The third-order valence-corrected chi connectivity index (χ3v) is 5.10. The highest BCUT2D eigenvalue weighted by Crippen LogP contribution is 2.25. The molecule has 0 atom stereocenters. The highest BCUT2D eigenvalue weighted by Gasteiger charge is 2.16. The van der Waals surface area contributed by atoms with Crippen LogP contribution >= 0.6 is 0 Å². The zero-order valence-electron chi connectivity index (χ0n) is 15.2. The van der Waals surface area contributed by atoms with Crippen molar-refractivity contribution in [1.82, 2.24) is 14.7 Å². The van der Waals surface area contributed by atoms with Gasteiger partial charge in [-0.2, -0.15) is 5.10 Å². The number of anilines is 2. The number of nitrogens with one attached hydrogen (secondary N) is 1. The maximum absolute atomic E-state index is 5.63. The molecule has 0 aliphatic carbocycles. The Morgan fingerprint density at radius 1 is 1.12 bits per heavy atom. The number of nitrogens with zero attached hydrogens (tertiary/aromatic N) is 4. The van der Waals surface area contributed by atoms with Crippen LogP contribution in [-0.4, -0.2) is 54.5 Å². The van der Waals surface area contributed by atoms with Gasteiger partial charge in [0.05, 0.1) is 18.8 Å². The van der Waals surface area contributed by atoms with Gasteiger partial charge in [-0.1, -0.05) is 0 Å². The second-order valence-electron chi connectivity index (χ2n) is 7.04. The largest absolute Gasteiger partial charge is 0.478 e. The predicted molar refractivity (Wildman–Crippen MR) is 101 cm³/mol. The Bertz CT molecular complexity index is 710. The number of fused-ring (bicyclic) bond motifs is 1. The van der Waals surface area contributed by atoms with E-state index in [0.717, 1.165) is 63.9 Å². The number of aryl methyl sites for hydroxylation is 2. The molecule has 0 radical (unpaired) electrons. The average Bonchev–Trinajstić information content (AvgIpc) is 3.04. The Labute approximate surface area is 149 Å². The maximum Gasteiger partial charge on any atom is 0.212 e. The summed E-state index contributed by atoms with van der Waals surface area (Å²) in [4.78, 5) is 4.85. The second kappa shape index (κ2) is 6.96. The zero-order valence-corrected chi connectivity index (χ0v) is 15.2.